The molecule has 1 aromatic carbocycles. The number of benzene rings is 1. The summed E-state index contributed by atoms with van der Waals surface area (Å²) in [5.41, 5.74) is 1.19. The van der Waals surface area contributed by atoms with Crippen molar-refractivity contribution in [2.75, 3.05) is 26.0 Å². The lowest BCUT2D eigenvalue weighted by Crippen LogP contribution is -2.43. The largest absolute Gasteiger partial charge is 0.494 e. The first-order valence-electron chi connectivity index (χ1n) is 7.95. The predicted octanol–water partition coefficient (Wildman–Crippen LogP) is 3.04. The quantitative estimate of drug-likeness (QED) is 0.624. The zero-order chi connectivity index (χ0) is 15.8. The minimum Gasteiger partial charge on any atom is -0.494 e. The van der Waals surface area contributed by atoms with Gasteiger partial charge in [0.15, 0.2) is 5.96 Å². The number of guanidine groups is 1. The van der Waals surface area contributed by atoms with Crippen molar-refractivity contribution < 1.29 is 4.74 Å². The van der Waals surface area contributed by atoms with E-state index in [-0.39, 0.29) is 0 Å². The molecule has 0 radical (unpaired) electrons. The van der Waals surface area contributed by atoms with Crippen molar-refractivity contribution in [3.05, 3.63) is 29.8 Å². The number of nitrogens with zero attached hydrogens (tertiary/aromatic N) is 1. The van der Waals surface area contributed by atoms with E-state index in [9.17, 15) is 0 Å². The number of thioether (sulfide) groups is 1. The summed E-state index contributed by atoms with van der Waals surface area (Å²) in [4.78, 5) is 4.31. The van der Waals surface area contributed by atoms with Crippen LogP contribution in [-0.4, -0.2) is 36.7 Å². The summed E-state index contributed by atoms with van der Waals surface area (Å²) in [6.07, 6.45) is 2.59. The predicted molar refractivity (Wildman–Crippen MR) is 95.9 cm³/mol. The molecule has 1 aliphatic rings. The van der Waals surface area contributed by atoms with E-state index in [1.165, 1.54) is 24.2 Å². The van der Waals surface area contributed by atoms with Crippen LogP contribution in [0.4, 0.5) is 0 Å². The summed E-state index contributed by atoms with van der Waals surface area (Å²) in [7, 11) is 1.82. The van der Waals surface area contributed by atoms with E-state index in [0.29, 0.717) is 11.4 Å². The standard InChI is InChI=1S/C17H27N3OS/c1-4-21-15-8-5-7-14(11-15)12-19-16(18-3)20-13-17(2)9-6-10-22-17/h5,7-8,11H,4,6,9-10,12-13H2,1-3H3,(H2,18,19,20). The summed E-state index contributed by atoms with van der Waals surface area (Å²) < 4.78 is 5.87. The maximum absolute atomic E-state index is 5.53. The van der Waals surface area contributed by atoms with Gasteiger partial charge in [0.05, 0.1) is 6.61 Å². The topological polar surface area (TPSA) is 45.6 Å². The fourth-order valence-electron chi connectivity index (χ4n) is 2.57. The first-order chi connectivity index (χ1) is 10.6. The van der Waals surface area contributed by atoms with Gasteiger partial charge in [-0.2, -0.15) is 11.8 Å². The minimum absolute atomic E-state index is 0.340. The monoisotopic (exact) mass is 321 g/mol. The van der Waals surface area contributed by atoms with Crippen LogP contribution in [0.25, 0.3) is 0 Å². The number of ether oxygens (including phenoxy) is 1. The molecule has 22 heavy (non-hydrogen) atoms. The Bertz CT molecular complexity index is 498. The lowest BCUT2D eigenvalue weighted by molar-refractivity contribution is 0.340. The van der Waals surface area contributed by atoms with Gasteiger partial charge in [0.2, 0.25) is 0 Å². The molecule has 5 heteroatoms. The molecule has 0 spiro atoms. The van der Waals surface area contributed by atoms with E-state index in [1.807, 2.05) is 26.1 Å². The molecule has 2 rings (SSSR count). The zero-order valence-electron chi connectivity index (χ0n) is 13.8. The van der Waals surface area contributed by atoms with Crippen LogP contribution in [0.5, 0.6) is 5.75 Å². The van der Waals surface area contributed by atoms with Crippen molar-refractivity contribution in [3.63, 3.8) is 0 Å². The lowest BCUT2D eigenvalue weighted by Gasteiger charge is -2.24. The fraction of sp³-hybridized carbons (Fsp3) is 0.588. The molecule has 2 N–H and O–H groups in total. The van der Waals surface area contributed by atoms with Gasteiger partial charge >= 0.3 is 0 Å². The number of nitrogens with one attached hydrogen (secondary N) is 2. The summed E-state index contributed by atoms with van der Waals surface area (Å²) in [5.74, 6) is 3.05. The van der Waals surface area contributed by atoms with E-state index >= 15 is 0 Å². The van der Waals surface area contributed by atoms with Crippen molar-refractivity contribution in [2.45, 2.75) is 38.0 Å². The highest BCUT2D eigenvalue weighted by Gasteiger charge is 2.29. The Balaban J connectivity index is 1.82. The van der Waals surface area contributed by atoms with Crippen molar-refractivity contribution in [3.8, 4) is 5.75 Å². The van der Waals surface area contributed by atoms with Crippen molar-refractivity contribution in [1.82, 2.24) is 10.6 Å². The van der Waals surface area contributed by atoms with Crippen molar-refractivity contribution >= 4 is 17.7 Å². The molecule has 1 saturated heterocycles. The molecule has 1 heterocycles. The average Bonchev–Trinajstić information content (AvgIpc) is 2.95. The van der Waals surface area contributed by atoms with E-state index in [1.54, 1.807) is 0 Å². The molecule has 1 unspecified atom stereocenters. The third kappa shape index (κ3) is 5.13. The fourth-order valence-corrected chi connectivity index (χ4v) is 3.81. The Morgan fingerprint density at radius 1 is 1.41 bits per heavy atom. The van der Waals surface area contributed by atoms with E-state index in [4.69, 9.17) is 4.74 Å². The molecule has 0 bridgehead atoms. The summed E-state index contributed by atoms with van der Waals surface area (Å²) in [6.45, 7) is 6.71. The third-order valence-electron chi connectivity index (χ3n) is 3.82. The highest BCUT2D eigenvalue weighted by molar-refractivity contribution is 8.00. The van der Waals surface area contributed by atoms with Crippen LogP contribution in [-0.2, 0) is 6.54 Å². The molecule has 1 atom stereocenters. The van der Waals surface area contributed by atoms with Gasteiger partial charge < -0.3 is 15.4 Å². The second-order valence-corrected chi connectivity index (χ2v) is 7.44. The number of rotatable bonds is 6. The smallest absolute Gasteiger partial charge is 0.191 e. The van der Waals surface area contributed by atoms with Crippen molar-refractivity contribution in [2.24, 2.45) is 4.99 Å². The van der Waals surface area contributed by atoms with Crippen molar-refractivity contribution in [1.29, 1.82) is 0 Å². The molecular weight excluding hydrogens is 294 g/mol. The molecule has 0 amide bonds. The second-order valence-electron chi connectivity index (χ2n) is 5.76. The molecule has 0 saturated carbocycles. The van der Waals surface area contributed by atoms with Crippen LogP contribution >= 0.6 is 11.8 Å². The van der Waals surface area contributed by atoms with Crippen LogP contribution in [0.15, 0.2) is 29.3 Å². The third-order valence-corrected chi connectivity index (χ3v) is 5.36. The molecule has 1 fully saturated rings. The van der Waals surface area contributed by atoms with E-state index in [2.05, 4.69) is 46.4 Å². The van der Waals surface area contributed by atoms with Crippen LogP contribution in [0.3, 0.4) is 0 Å². The van der Waals surface area contributed by atoms with Crippen LogP contribution in [0, 0.1) is 0 Å². The van der Waals surface area contributed by atoms with Gasteiger partial charge in [0, 0.05) is 24.9 Å². The van der Waals surface area contributed by atoms with Gasteiger partial charge in [-0.05, 0) is 50.1 Å². The Labute approximate surface area is 138 Å². The Morgan fingerprint density at radius 3 is 2.95 bits per heavy atom. The number of aliphatic imine (C=N–C) groups is 1. The van der Waals surface area contributed by atoms with E-state index in [0.717, 1.165) is 24.8 Å². The van der Waals surface area contributed by atoms with Gasteiger partial charge in [-0.1, -0.05) is 12.1 Å². The molecule has 1 aromatic rings. The van der Waals surface area contributed by atoms with Crippen LogP contribution < -0.4 is 15.4 Å². The highest BCUT2D eigenvalue weighted by atomic mass is 32.2. The molecule has 0 aliphatic carbocycles. The Kier molecular flexibility index (Phi) is 6.43. The molecule has 0 aromatic heterocycles. The van der Waals surface area contributed by atoms with Gasteiger partial charge in [-0.25, -0.2) is 0 Å². The second kappa shape index (κ2) is 8.32. The number of hydrogen-bond donors (Lipinski definition) is 2. The molecule has 122 valence electrons. The normalized spacial score (nSPS) is 21.7. The molecule has 1 aliphatic heterocycles. The van der Waals surface area contributed by atoms with Crippen LogP contribution in [0.2, 0.25) is 0 Å². The van der Waals surface area contributed by atoms with Gasteiger partial charge in [-0.15, -0.1) is 0 Å². The Morgan fingerprint density at radius 2 is 2.27 bits per heavy atom. The summed E-state index contributed by atoms with van der Waals surface area (Å²) >= 11 is 2.06. The van der Waals surface area contributed by atoms with Gasteiger partial charge in [0.1, 0.15) is 5.75 Å². The summed E-state index contributed by atoms with van der Waals surface area (Å²) in [5, 5.41) is 6.82. The highest BCUT2D eigenvalue weighted by Crippen LogP contribution is 2.36. The Hall–Kier alpha value is -1.36. The minimum atomic E-state index is 0.340. The maximum Gasteiger partial charge on any atom is 0.191 e. The molecular formula is C17H27N3OS. The van der Waals surface area contributed by atoms with Gasteiger partial charge in [0.25, 0.3) is 0 Å². The first kappa shape index (κ1) is 17.0. The average molecular weight is 321 g/mol. The number of hydrogen-bond acceptors (Lipinski definition) is 3. The first-order valence-corrected chi connectivity index (χ1v) is 8.94. The van der Waals surface area contributed by atoms with Gasteiger partial charge in [-0.3, -0.25) is 4.99 Å². The SMILES string of the molecule is CCOc1cccc(CNC(=NC)NCC2(C)CCCS2)c1. The summed E-state index contributed by atoms with van der Waals surface area (Å²) in [6, 6.07) is 8.17. The maximum atomic E-state index is 5.53. The zero-order valence-corrected chi connectivity index (χ0v) is 14.6. The molecule has 4 nitrogen and oxygen atoms in total. The van der Waals surface area contributed by atoms with E-state index < -0.39 is 0 Å². The lowest BCUT2D eigenvalue weighted by atomic mass is 10.1. The van der Waals surface area contributed by atoms with Crippen LogP contribution in [0.1, 0.15) is 32.3 Å².